The van der Waals surface area contributed by atoms with Crippen molar-refractivity contribution in [2.45, 2.75) is 24.8 Å². The van der Waals surface area contributed by atoms with Gasteiger partial charge in [-0.25, -0.2) is 4.39 Å². The maximum absolute atomic E-state index is 13.5. The summed E-state index contributed by atoms with van der Waals surface area (Å²) in [7, 11) is 4.40. The number of hydrogen-bond acceptors (Lipinski definition) is 5. The average molecular weight is 462 g/mol. The normalized spacial score (nSPS) is 18.2. The molecule has 2 aromatic rings. The maximum Gasteiger partial charge on any atom is 0.313 e. The van der Waals surface area contributed by atoms with Crippen LogP contribution in [-0.4, -0.2) is 39.2 Å². The van der Waals surface area contributed by atoms with Gasteiger partial charge in [0.15, 0.2) is 0 Å². The number of hydrogen-bond donors (Lipinski definition) is 1. The van der Waals surface area contributed by atoms with Gasteiger partial charge in [-0.05, 0) is 48.2 Å². The van der Waals surface area contributed by atoms with Crippen molar-refractivity contribution >= 4 is 23.5 Å². The predicted molar refractivity (Wildman–Crippen MR) is 119 cm³/mol. The van der Waals surface area contributed by atoms with Crippen LogP contribution in [-0.2, 0) is 20.7 Å². The molecule has 8 heteroatoms. The third-order valence-corrected chi connectivity index (χ3v) is 5.81. The molecule has 2 aromatic carbocycles. The Morgan fingerprint density at radius 1 is 1.12 bits per heavy atom. The van der Waals surface area contributed by atoms with Gasteiger partial charge < -0.3 is 19.5 Å². The SMILES string of the molecule is COC(=O)[C@H](c1ccc(F)cc1Cl)[C@H]1C=C[C@H](NC(=O)Cc2cc(OC)ccc2OC)C1. The maximum atomic E-state index is 13.5. The molecule has 32 heavy (non-hydrogen) atoms. The minimum absolute atomic E-state index is 0.111. The number of nitrogens with one attached hydrogen (secondary N) is 1. The molecule has 1 amide bonds. The third-order valence-electron chi connectivity index (χ3n) is 5.48. The molecule has 1 aliphatic carbocycles. The van der Waals surface area contributed by atoms with Crippen molar-refractivity contribution in [1.82, 2.24) is 5.32 Å². The number of esters is 1. The minimum atomic E-state index is -0.704. The van der Waals surface area contributed by atoms with Crippen LogP contribution in [0.4, 0.5) is 4.39 Å². The van der Waals surface area contributed by atoms with E-state index in [1.54, 1.807) is 32.4 Å². The summed E-state index contributed by atoms with van der Waals surface area (Å²) in [6.45, 7) is 0. The zero-order chi connectivity index (χ0) is 23.3. The van der Waals surface area contributed by atoms with Crippen LogP contribution in [0, 0.1) is 11.7 Å². The lowest BCUT2D eigenvalue weighted by Gasteiger charge is -2.23. The smallest absolute Gasteiger partial charge is 0.313 e. The zero-order valence-corrected chi connectivity index (χ0v) is 18.8. The van der Waals surface area contributed by atoms with Crippen molar-refractivity contribution in [3.63, 3.8) is 0 Å². The van der Waals surface area contributed by atoms with E-state index < -0.39 is 17.7 Å². The molecule has 170 valence electrons. The molecule has 0 saturated heterocycles. The number of benzene rings is 2. The molecule has 1 N–H and O–H groups in total. The summed E-state index contributed by atoms with van der Waals surface area (Å²) in [6.07, 6.45) is 4.30. The van der Waals surface area contributed by atoms with E-state index in [-0.39, 0.29) is 29.3 Å². The topological polar surface area (TPSA) is 73.9 Å². The Bertz CT molecular complexity index is 1030. The summed E-state index contributed by atoms with van der Waals surface area (Å²) >= 11 is 6.20. The van der Waals surface area contributed by atoms with Crippen LogP contribution in [0.5, 0.6) is 11.5 Å². The number of amides is 1. The van der Waals surface area contributed by atoms with Gasteiger partial charge in [-0.15, -0.1) is 0 Å². The molecular formula is C24H25ClFNO5. The molecule has 0 heterocycles. The Balaban J connectivity index is 1.69. The number of carbonyl (C=O) groups is 2. The summed E-state index contributed by atoms with van der Waals surface area (Å²) in [4.78, 5) is 25.2. The Morgan fingerprint density at radius 3 is 2.56 bits per heavy atom. The predicted octanol–water partition coefficient (Wildman–Crippen LogP) is 4.06. The summed E-state index contributed by atoms with van der Waals surface area (Å²) in [6, 6.07) is 8.93. The Labute approximate surface area is 191 Å². The van der Waals surface area contributed by atoms with Crippen LogP contribution in [0.2, 0.25) is 5.02 Å². The van der Waals surface area contributed by atoms with Gasteiger partial charge in [0.1, 0.15) is 17.3 Å². The van der Waals surface area contributed by atoms with Crippen molar-refractivity contribution in [2.75, 3.05) is 21.3 Å². The summed E-state index contributed by atoms with van der Waals surface area (Å²) < 4.78 is 29.0. The van der Waals surface area contributed by atoms with Crippen molar-refractivity contribution in [3.05, 3.63) is 70.5 Å². The van der Waals surface area contributed by atoms with E-state index in [1.165, 1.54) is 25.3 Å². The molecule has 0 radical (unpaired) electrons. The second kappa shape index (κ2) is 10.5. The molecule has 1 aliphatic rings. The second-order valence-corrected chi connectivity index (χ2v) is 7.89. The van der Waals surface area contributed by atoms with Crippen LogP contribution >= 0.6 is 11.6 Å². The van der Waals surface area contributed by atoms with Crippen molar-refractivity contribution in [2.24, 2.45) is 5.92 Å². The highest BCUT2D eigenvalue weighted by Gasteiger charge is 2.35. The van der Waals surface area contributed by atoms with Crippen molar-refractivity contribution < 1.29 is 28.2 Å². The lowest BCUT2D eigenvalue weighted by atomic mass is 9.85. The quantitative estimate of drug-likeness (QED) is 0.474. The molecule has 0 spiro atoms. The number of carbonyl (C=O) groups excluding carboxylic acids is 2. The van der Waals surface area contributed by atoms with E-state index in [1.807, 2.05) is 12.2 Å². The first-order valence-corrected chi connectivity index (χ1v) is 10.5. The van der Waals surface area contributed by atoms with Gasteiger partial charge in [0.05, 0.1) is 33.7 Å². The van der Waals surface area contributed by atoms with Gasteiger partial charge in [-0.2, -0.15) is 0 Å². The number of halogens is 2. The largest absolute Gasteiger partial charge is 0.497 e. The van der Waals surface area contributed by atoms with Crippen LogP contribution in [0.1, 0.15) is 23.5 Å². The first-order valence-electron chi connectivity index (χ1n) is 10.1. The molecule has 0 aliphatic heterocycles. The van der Waals surface area contributed by atoms with E-state index in [0.717, 1.165) is 0 Å². The number of methoxy groups -OCH3 is 3. The van der Waals surface area contributed by atoms with Gasteiger partial charge in [0.25, 0.3) is 0 Å². The standard InChI is InChI=1S/C24H25ClFNO5/c1-30-18-7-9-21(31-2)15(11-18)12-22(28)27-17-6-4-14(10-17)23(24(29)32-3)19-8-5-16(26)13-20(19)25/h4-9,11,13-14,17,23H,10,12H2,1-3H3,(H,27,28)/t14-,17-,23-/m0/s1. The van der Waals surface area contributed by atoms with E-state index in [0.29, 0.717) is 29.0 Å². The lowest BCUT2D eigenvalue weighted by molar-refractivity contribution is -0.143. The molecule has 3 atom stereocenters. The number of ether oxygens (including phenoxy) is 3. The van der Waals surface area contributed by atoms with E-state index in [2.05, 4.69) is 5.32 Å². The average Bonchev–Trinajstić information content (AvgIpc) is 3.22. The Kier molecular flexibility index (Phi) is 7.75. The fraction of sp³-hybridized carbons (Fsp3) is 0.333. The van der Waals surface area contributed by atoms with E-state index in [4.69, 9.17) is 25.8 Å². The van der Waals surface area contributed by atoms with Crippen molar-refractivity contribution in [1.29, 1.82) is 0 Å². The number of rotatable bonds is 8. The van der Waals surface area contributed by atoms with E-state index in [9.17, 15) is 14.0 Å². The van der Waals surface area contributed by atoms with Gasteiger partial charge in [0.2, 0.25) is 5.91 Å². The van der Waals surface area contributed by atoms with E-state index >= 15 is 0 Å². The zero-order valence-electron chi connectivity index (χ0n) is 18.1. The summed E-state index contributed by atoms with van der Waals surface area (Å²) in [5, 5.41) is 3.12. The third kappa shape index (κ3) is 5.40. The van der Waals surface area contributed by atoms with Crippen LogP contribution in [0.3, 0.4) is 0 Å². The molecule has 6 nitrogen and oxygen atoms in total. The Morgan fingerprint density at radius 2 is 1.91 bits per heavy atom. The first-order chi connectivity index (χ1) is 15.4. The summed E-state index contributed by atoms with van der Waals surface area (Å²) in [5.74, 6) is -0.888. The highest BCUT2D eigenvalue weighted by molar-refractivity contribution is 6.31. The second-order valence-electron chi connectivity index (χ2n) is 7.48. The minimum Gasteiger partial charge on any atom is -0.497 e. The summed E-state index contributed by atoms with van der Waals surface area (Å²) in [5.41, 5.74) is 1.19. The van der Waals surface area contributed by atoms with Gasteiger partial charge in [-0.1, -0.05) is 29.8 Å². The Hall–Kier alpha value is -3.06. The first kappa shape index (κ1) is 23.6. The van der Waals surface area contributed by atoms with Crippen molar-refractivity contribution in [3.8, 4) is 11.5 Å². The molecule has 3 rings (SSSR count). The lowest BCUT2D eigenvalue weighted by Crippen LogP contribution is -2.34. The van der Waals surface area contributed by atoms with Crippen LogP contribution in [0.15, 0.2) is 48.6 Å². The van der Waals surface area contributed by atoms with Gasteiger partial charge in [0, 0.05) is 16.6 Å². The number of allylic oxidation sites excluding steroid dienone is 1. The van der Waals surface area contributed by atoms with Crippen LogP contribution < -0.4 is 14.8 Å². The molecule has 0 saturated carbocycles. The molecule has 0 fully saturated rings. The molecule has 0 aromatic heterocycles. The monoisotopic (exact) mass is 461 g/mol. The molecular weight excluding hydrogens is 437 g/mol. The van der Waals surface area contributed by atoms with Gasteiger partial charge in [-0.3, -0.25) is 9.59 Å². The molecule has 0 bridgehead atoms. The fourth-order valence-corrected chi connectivity index (χ4v) is 4.23. The highest BCUT2D eigenvalue weighted by Crippen LogP contribution is 2.37. The molecule has 0 unspecified atom stereocenters. The highest BCUT2D eigenvalue weighted by atomic mass is 35.5. The van der Waals surface area contributed by atoms with Crippen LogP contribution in [0.25, 0.3) is 0 Å². The van der Waals surface area contributed by atoms with Gasteiger partial charge >= 0.3 is 5.97 Å². The fourth-order valence-electron chi connectivity index (χ4n) is 3.95.